The molecule has 0 saturated heterocycles. The molecule has 0 aliphatic heterocycles. The Morgan fingerprint density at radius 2 is 2.29 bits per heavy atom. The molecule has 0 bridgehead atoms. The summed E-state index contributed by atoms with van der Waals surface area (Å²) in [6.07, 6.45) is 3.81. The molecule has 0 fully saturated rings. The third kappa shape index (κ3) is 1.61. The van der Waals surface area contributed by atoms with E-state index in [2.05, 4.69) is 20.9 Å². The highest BCUT2D eigenvalue weighted by Gasteiger charge is 2.08. The first kappa shape index (κ1) is 9.15. The summed E-state index contributed by atoms with van der Waals surface area (Å²) < 4.78 is 5.97. The van der Waals surface area contributed by atoms with Crippen molar-refractivity contribution in [1.29, 1.82) is 0 Å². The van der Waals surface area contributed by atoms with Gasteiger partial charge in [-0.15, -0.1) is 0 Å². The van der Waals surface area contributed by atoms with E-state index in [1.807, 2.05) is 6.07 Å². The van der Waals surface area contributed by atoms with Gasteiger partial charge in [0.2, 0.25) is 5.89 Å². The van der Waals surface area contributed by atoms with Gasteiger partial charge in [0, 0.05) is 15.6 Å². The summed E-state index contributed by atoms with van der Waals surface area (Å²) >= 11 is 3.29. The highest BCUT2D eigenvalue weighted by molar-refractivity contribution is 9.10. The number of oxazole rings is 1. The molecule has 70 valence electrons. The minimum Gasteiger partial charge on any atom is -0.445 e. The van der Waals surface area contributed by atoms with E-state index in [1.165, 1.54) is 6.26 Å². The molecule has 14 heavy (non-hydrogen) atoms. The highest BCUT2D eigenvalue weighted by Crippen LogP contribution is 2.23. The van der Waals surface area contributed by atoms with Crippen molar-refractivity contribution in [3.05, 3.63) is 40.7 Å². The molecule has 0 spiro atoms. The fourth-order valence-corrected chi connectivity index (χ4v) is 1.56. The number of nitrogens with zero attached hydrogens (tertiary/aromatic N) is 1. The SMILES string of the molecule is O=Cc1cc(Br)ccc1-c1ncco1. The molecule has 1 aromatic carbocycles. The first-order chi connectivity index (χ1) is 6.81. The molecule has 0 aliphatic rings. The molecule has 0 atom stereocenters. The average molecular weight is 252 g/mol. The van der Waals surface area contributed by atoms with Gasteiger partial charge in [0.1, 0.15) is 6.26 Å². The van der Waals surface area contributed by atoms with Gasteiger partial charge in [0.05, 0.1) is 6.20 Å². The van der Waals surface area contributed by atoms with Gasteiger partial charge in [-0.1, -0.05) is 15.9 Å². The second kappa shape index (κ2) is 3.75. The first-order valence-corrected chi connectivity index (χ1v) is 4.75. The summed E-state index contributed by atoms with van der Waals surface area (Å²) in [5.41, 5.74) is 1.26. The normalized spacial score (nSPS) is 10.1. The van der Waals surface area contributed by atoms with Crippen molar-refractivity contribution in [2.75, 3.05) is 0 Å². The van der Waals surface area contributed by atoms with Crippen LogP contribution in [0.2, 0.25) is 0 Å². The number of hydrogen-bond donors (Lipinski definition) is 0. The fraction of sp³-hybridized carbons (Fsp3) is 0. The molecule has 0 N–H and O–H groups in total. The highest BCUT2D eigenvalue weighted by atomic mass is 79.9. The first-order valence-electron chi connectivity index (χ1n) is 3.96. The third-order valence-corrected chi connectivity index (χ3v) is 2.30. The fourth-order valence-electron chi connectivity index (χ4n) is 1.18. The Labute approximate surface area is 88.9 Å². The van der Waals surface area contributed by atoms with Crippen LogP contribution in [-0.2, 0) is 0 Å². The summed E-state index contributed by atoms with van der Waals surface area (Å²) in [6, 6.07) is 5.36. The van der Waals surface area contributed by atoms with Gasteiger partial charge < -0.3 is 4.42 Å². The van der Waals surface area contributed by atoms with E-state index in [9.17, 15) is 4.79 Å². The lowest BCUT2D eigenvalue weighted by Crippen LogP contribution is -1.87. The maximum atomic E-state index is 10.8. The van der Waals surface area contributed by atoms with E-state index in [0.29, 0.717) is 17.0 Å². The lowest BCUT2D eigenvalue weighted by molar-refractivity contribution is 0.112. The molecule has 1 aromatic heterocycles. The number of aromatic nitrogens is 1. The van der Waals surface area contributed by atoms with Crippen LogP contribution in [-0.4, -0.2) is 11.3 Å². The number of aldehydes is 1. The van der Waals surface area contributed by atoms with E-state index >= 15 is 0 Å². The molecule has 0 aliphatic carbocycles. The Balaban J connectivity index is 2.58. The zero-order chi connectivity index (χ0) is 9.97. The Morgan fingerprint density at radius 3 is 2.93 bits per heavy atom. The van der Waals surface area contributed by atoms with Crippen LogP contribution in [0.1, 0.15) is 10.4 Å². The molecule has 0 saturated carbocycles. The van der Waals surface area contributed by atoms with Gasteiger partial charge in [0.15, 0.2) is 6.29 Å². The quantitative estimate of drug-likeness (QED) is 0.771. The molecular weight excluding hydrogens is 246 g/mol. The Hall–Kier alpha value is -1.42. The molecule has 0 radical (unpaired) electrons. The number of hydrogen-bond acceptors (Lipinski definition) is 3. The van der Waals surface area contributed by atoms with Gasteiger partial charge in [0.25, 0.3) is 0 Å². The summed E-state index contributed by atoms with van der Waals surface area (Å²) in [5, 5.41) is 0. The summed E-state index contributed by atoms with van der Waals surface area (Å²) in [7, 11) is 0. The number of rotatable bonds is 2. The van der Waals surface area contributed by atoms with Crippen molar-refractivity contribution in [3.8, 4) is 11.5 Å². The van der Waals surface area contributed by atoms with E-state index < -0.39 is 0 Å². The molecule has 0 unspecified atom stereocenters. The van der Waals surface area contributed by atoms with Gasteiger partial charge in [-0.2, -0.15) is 0 Å². The Morgan fingerprint density at radius 1 is 1.43 bits per heavy atom. The van der Waals surface area contributed by atoms with Gasteiger partial charge >= 0.3 is 0 Å². The molecule has 4 heteroatoms. The Kier molecular flexibility index (Phi) is 2.45. The van der Waals surface area contributed by atoms with Crippen LogP contribution >= 0.6 is 15.9 Å². The van der Waals surface area contributed by atoms with Crippen LogP contribution < -0.4 is 0 Å². The van der Waals surface area contributed by atoms with E-state index in [1.54, 1.807) is 18.3 Å². The van der Waals surface area contributed by atoms with Crippen molar-refractivity contribution in [1.82, 2.24) is 4.98 Å². The molecule has 2 rings (SSSR count). The van der Waals surface area contributed by atoms with Crippen molar-refractivity contribution < 1.29 is 9.21 Å². The monoisotopic (exact) mass is 251 g/mol. The topological polar surface area (TPSA) is 43.1 Å². The van der Waals surface area contributed by atoms with Crippen molar-refractivity contribution >= 4 is 22.2 Å². The van der Waals surface area contributed by atoms with Crippen molar-refractivity contribution in [3.63, 3.8) is 0 Å². The van der Waals surface area contributed by atoms with Crippen LogP contribution in [0.15, 0.2) is 39.5 Å². The van der Waals surface area contributed by atoms with Crippen LogP contribution in [0.4, 0.5) is 0 Å². The van der Waals surface area contributed by atoms with Crippen LogP contribution in [0.3, 0.4) is 0 Å². The largest absolute Gasteiger partial charge is 0.445 e. The lowest BCUT2D eigenvalue weighted by atomic mass is 10.1. The minimum atomic E-state index is 0.458. The van der Waals surface area contributed by atoms with E-state index in [-0.39, 0.29) is 0 Å². The van der Waals surface area contributed by atoms with Crippen LogP contribution in [0.25, 0.3) is 11.5 Å². The van der Waals surface area contributed by atoms with Gasteiger partial charge in [-0.3, -0.25) is 4.79 Å². The van der Waals surface area contributed by atoms with Crippen LogP contribution in [0, 0.1) is 0 Å². The molecule has 1 heterocycles. The summed E-state index contributed by atoms with van der Waals surface area (Å²) in [4.78, 5) is 14.8. The molecule has 2 aromatic rings. The van der Waals surface area contributed by atoms with E-state index in [4.69, 9.17) is 4.42 Å². The molecular formula is C10H6BrNO2. The van der Waals surface area contributed by atoms with Gasteiger partial charge in [-0.05, 0) is 18.2 Å². The second-order valence-corrected chi connectivity index (χ2v) is 3.60. The van der Waals surface area contributed by atoms with E-state index in [0.717, 1.165) is 10.8 Å². The zero-order valence-electron chi connectivity index (χ0n) is 7.11. The lowest BCUT2D eigenvalue weighted by Gasteiger charge is -1.99. The minimum absolute atomic E-state index is 0.458. The zero-order valence-corrected chi connectivity index (χ0v) is 8.69. The smallest absolute Gasteiger partial charge is 0.226 e. The predicted octanol–water partition coefficient (Wildman–Crippen LogP) is 2.92. The summed E-state index contributed by atoms with van der Waals surface area (Å²) in [6.45, 7) is 0. The maximum Gasteiger partial charge on any atom is 0.226 e. The standard InChI is InChI=1S/C10H6BrNO2/c11-8-1-2-9(7(5-8)6-13)10-12-3-4-14-10/h1-6H. The predicted molar refractivity (Wildman–Crippen MR) is 55.0 cm³/mol. The molecule has 3 nitrogen and oxygen atoms in total. The summed E-state index contributed by atoms with van der Waals surface area (Å²) in [5.74, 6) is 0.458. The maximum absolute atomic E-state index is 10.8. The van der Waals surface area contributed by atoms with Crippen LogP contribution in [0.5, 0.6) is 0 Å². The number of halogens is 1. The number of carbonyl (C=O) groups is 1. The van der Waals surface area contributed by atoms with Crippen molar-refractivity contribution in [2.45, 2.75) is 0 Å². The van der Waals surface area contributed by atoms with Crippen molar-refractivity contribution in [2.24, 2.45) is 0 Å². The number of benzene rings is 1. The third-order valence-electron chi connectivity index (χ3n) is 1.80. The second-order valence-electron chi connectivity index (χ2n) is 2.69. The molecule has 0 amide bonds. The number of carbonyl (C=O) groups excluding carboxylic acids is 1. The average Bonchev–Trinajstić information content (AvgIpc) is 2.70. The Bertz CT molecular complexity index is 451. The van der Waals surface area contributed by atoms with Gasteiger partial charge in [-0.25, -0.2) is 4.98 Å².